The standard InChI is InChI=1S/C20H22ClFN2O/c21-16-11-13(5-6-17(16)22)12-24-9-7-20(8-10-24)15-4-2-1-3-14(15)18(23)19(20)25/h1-6,11,18-19,25H,7-10,12,23H2/t18-,19+/m0/s1. The van der Waals surface area contributed by atoms with Crippen molar-refractivity contribution in [2.24, 2.45) is 5.73 Å². The predicted octanol–water partition coefficient (Wildman–Crippen LogP) is 3.39. The molecule has 1 aliphatic carbocycles. The molecule has 1 aliphatic heterocycles. The topological polar surface area (TPSA) is 49.5 Å². The van der Waals surface area contributed by atoms with Crippen molar-refractivity contribution in [1.82, 2.24) is 4.90 Å². The number of aliphatic hydroxyl groups excluding tert-OH is 1. The summed E-state index contributed by atoms with van der Waals surface area (Å²) in [6.45, 7) is 2.47. The van der Waals surface area contributed by atoms with E-state index in [0.29, 0.717) is 0 Å². The van der Waals surface area contributed by atoms with E-state index in [9.17, 15) is 9.50 Å². The summed E-state index contributed by atoms with van der Waals surface area (Å²) in [5.74, 6) is -0.386. The second-order valence-electron chi connectivity index (χ2n) is 7.24. The summed E-state index contributed by atoms with van der Waals surface area (Å²) >= 11 is 5.88. The molecule has 0 amide bonds. The minimum absolute atomic E-state index is 0.164. The van der Waals surface area contributed by atoms with Gasteiger partial charge in [0.1, 0.15) is 5.82 Å². The zero-order valence-corrected chi connectivity index (χ0v) is 14.7. The van der Waals surface area contributed by atoms with Gasteiger partial charge in [0, 0.05) is 12.0 Å². The van der Waals surface area contributed by atoms with E-state index in [4.69, 9.17) is 17.3 Å². The van der Waals surface area contributed by atoms with Crippen molar-refractivity contribution in [2.75, 3.05) is 13.1 Å². The molecule has 1 saturated heterocycles. The molecule has 0 saturated carbocycles. The van der Waals surface area contributed by atoms with Gasteiger partial charge in [-0.05, 0) is 54.8 Å². The van der Waals surface area contributed by atoms with Crippen LogP contribution in [0.25, 0.3) is 0 Å². The van der Waals surface area contributed by atoms with Crippen LogP contribution >= 0.6 is 11.6 Å². The van der Waals surface area contributed by atoms with Crippen LogP contribution in [0.5, 0.6) is 0 Å². The average Bonchev–Trinajstić information content (AvgIpc) is 2.83. The molecule has 2 aliphatic rings. The van der Waals surface area contributed by atoms with Crippen molar-refractivity contribution in [3.8, 4) is 0 Å². The van der Waals surface area contributed by atoms with Crippen LogP contribution in [0.15, 0.2) is 42.5 Å². The molecule has 1 spiro atoms. The van der Waals surface area contributed by atoms with Gasteiger partial charge in [-0.3, -0.25) is 4.90 Å². The van der Waals surface area contributed by atoms with Gasteiger partial charge < -0.3 is 10.8 Å². The SMILES string of the molecule is N[C@H]1c2ccccc2C2(CCN(Cc3ccc(F)c(Cl)c3)CC2)[C@@H]1O. The lowest BCUT2D eigenvalue weighted by Crippen LogP contribution is -2.48. The molecule has 0 unspecified atom stereocenters. The monoisotopic (exact) mass is 360 g/mol. The Morgan fingerprint density at radius 3 is 2.64 bits per heavy atom. The van der Waals surface area contributed by atoms with Crippen LogP contribution in [0.2, 0.25) is 5.02 Å². The molecule has 25 heavy (non-hydrogen) atoms. The van der Waals surface area contributed by atoms with Crippen LogP contribution in [-0.2, 0) is 12.0 Å². The van der Waals surface area contributed by atoms with E-state index in [0.717, 1.165) is 43.6 Å². The van der Waals surface area contributed by atoms with Gasteiger partial charge in [0.25, 0.3) is 0 Å². The van der Waals surface area contributed by atoms with Crippen LogP contribution < -0.4 is 5.73 Å². The largest absolute Gasteiger partial charge is 0.390 e. The summed E-state index contributed by atoms with van der Waals surface area (Å²) in [5, 5.41) is 11.0. The summed E-state index contributed by atoms with van der Waals surface area (Å²) in [6, 6.07) is 12.7. The number of likely N-dealkylation sites (tertiary alicyclic amines) is 1. The van der Waals surface area contributed by atoms with Crippen LogP contribution in [0, 0.1) is 5.82 Å². The molecule has 2 aromatic rings. The molecule has 3 nitrogen and oxygen atoms in total. The van der Waals surface area contributed by atoms with Crippen LogP contribution in [-0.4, -0.2) is 29.2 Å². The molecule has 132 valence electrons. The molecular formula is C20H22ClFN2O. The molecule has 3 N–H and O–H groups in total. The third-order valence-electron chi connectivity index (χ3n) is 5.90. The number of aliphatic hydroxyl groups is 1. The van der Waals surface area contributed by atoms with E-state index in [-0.39, 0.29) is 22.3 Å². The zero-order chi connectivity index (χ0) is 17.6. The maximum absolute atomic E-state index is 13.3. The number of nitrogens with zero attached hydrogens (tertiary/aromatic N) is 1. The van der Waals surface area contributed by atoms with Gasteiger partial charge in [-0.1, -0.05) is 41.9 Å². The summed E-state index contributed by atoms with van der Waals surface area (Å²) in [5.41, 5.74) is 9.32. The number of fused-ring (bicyclic) bond motifs is 2. The van der Waals surface area contributed by atoms with Crippen molar-refractivity contribution < 1.29 is 9.50 Å². The van der Waals surface area contributed by atoms with E-state index < -0.39 is 6.10 Å². The number of halogens is 2. The lowest BCUT2D eigenvalue weighted by Gasteiger charge is -2.42. The van der Waals surface area contributed by atoms with Gasteiger partial charge in [0.05, 0.1) is 17.2 Å². The molecule has 4 rings (SSSR count). The zero-order valence-electron chi connectivity index (χ0n) is 14.0. The Labute approximate surface area is 152 Å². The van der Waals surface area contributed by atoms with Gasteiger partial charge in [-0.15, -0.1) is 0 Å². The summed E-state index contributed by atoms with van der Waals surface area (Å²) in [4.78, 5) is 2.33. The number of nitrogens with two attached hydrogens (primary N) is 1. The minimum Gasteiger partial charge on any atom is -0.390 e. The van der Waals surface area contributed by atoms with Gasteiger partial charge >= 0.3 is 0 Å². The fourth-order valence-electron chi connectivity index (χ4n) is 4.49. The fraction of sp³-hybridized carbons (Fsp3) is 0.400. The van der Waals surface area contributed by atoms with Crippen LogP contribution in [0.1, 0.15) is 35.6 Å². The molecule has 2 atom stereocenters. The van der Waals surface area contributed by atoms with Crippen molar-refractivity contribution in [3.05, 3.63) is 70.0 Å². The maximum Gasteiger partial charge on any atom is 0.141 e. The van der Waals surface area contributed by atoms with Crippen molar-refractivity contribution in [1.29, 1.82) is 0 Å². The van der Waals surface area contributed by atoms with Gasteiger partial charge in [0.2, 0.25) is 0 Å². The lowest BCUT2D eigenvalue weighted by molar-refractivity contribution is 0.0271. The molecule has 5 heteroatoms. The first kappa shape index (κ1) is 17.0. The Hall–Kier alpha value is -1.46. The fourth-order valence-corrected chi connectivity index (χ4v) is 4.69. The molecule has 2 aromatic carbocycles. The second kappa shape index (κ2) is 6.36. The molecule has 1 heterocycles. The van der Waals surface area contributed by atoms with Crippen LogP contribution in [0.3, 0.4) is 0 Å². The van der Waals surface area contributed by atoms with E-state index in [1.807, 2.05) is 18.2 Å². The summed E-state index contributed by atoms with van der Waals surface area (Å²) in [6.07, 6.45) is 1.20. The Kier molecular flexibility index (Phi) is 4.32. The van der Waals surface area contributed by atoms with E-state index in [1.165, 1.54) is 11.6 Å². The normalized spacial score (nSPS) is 25.3. The number of hydrogen-bond donors (Lipinski definition) is 2. The highest BCUT2D eigenvalue weighted by atomic mass is 35.5. The highest BCUT2D eigenvalue weighted by Crippen LogP contribution is 2.50. The quantitative estimate of drug-likeness (QED) is 0.863. The Balaban J connectivity index is 1.50. The highest BCUT2D eigenvalue weighted by Gasteiger charge is 2.51. The first-order valence-electron chi connectivity index (χ1n) is 8.70. The number of benzene rings is 2. The summed E-state index contributed by atoms with van der Waals surface area (Å²) < 4.78 is 13.3. The van der Waals surface area contributed by atoms with Crippen molar-refractivity contribution in [3.63, 3.8) is 0 Å². The Bertz CT molecular complexity index is 789. The van der Waals surface area contributed by atoms with Gasteiger partial charge in [-0.25, -0.2) is 4.39 Å². The molecular weight excluding hydrogens is 339 g/mol. The first-order valence-corrected chi connectivity index (χ1v) is 9.08. The molecule has 0 aromatic heterocycles. The number of hydrogen-bond acceptors (Lipinski definition) is 3. The minimum atomic E-state index is -0.535. The lowest BCUT2D eigenvalue weighted by atomic mass is 9.72. The summed E-state index contributed by atoms with van der Waals surface area (Å²) in [7, 11) is 0. The molecule has 0 bridgehead atoms. The van der Waals surface area contributed by atoms with E-state index in [2.05, 4.69) is 11.0 Å². The average molecular weight is 361 g/mol. The van der Waals surface area contributed by atoms with Crippen LogP contribution in [0.4, 0.5) is 4.39 Å². The van der Waals surface area contributed by atoms with E-state index >= 15 is 0 Å². The van der Waals surface area contributed by atoms with Gasteiger partial charge in [0.15, 0.2) is 0 Å². The van der Waals surface area contributed by atoms with Crippen molar-refractivity contribution in [2.45, 2.75) is 36.9 Å². The predicted molar refractivity (Wildman–Crippen MR) is 97.0 cm³/mol. The first-order chi connectivity index (χ1) is 12.0. The second-order valence-corrected chi connectivity index (χ2v) is 7.65. The van der Waals surface area contributed by atoms with Crippen molar-refractivity contribution >= 4 is 11.6 Å². The number of piperidine rings is 1. The Morgan fingerprint density at radius 2 is 1.92 bits per heavy atom. The smallest absolute Gasteiger partial charge is 0.141 e. The third-order valence-corrected chi connectivity index (χ3v) is 6.19. The third kappa shape index (κ3) is 2.77. The maximum atomic E-state index is 13.3. The molecule has 0 radical (unpaired) electrons. The van der Waals surface area contributed by atoms with E-state index in [1.54, 1.807) is 12.1 Å². The number of rotatable bonds is 2. The highest BCUT2D eigenvalue weighted by molar-refractivity contribution is 6.30. The molecule has 1 fully saturated rings. The van der Waals surface area contributed by atoms with Gasteiger partial charge in [-0.2, -0.15) is 0 Å². The Morgan fingerprint density at radius 1 is 1.20 bits per heavy atom.